The predicted octanol–water partition coefficient (Wildman–Crippen LogP) is 0.996. The minimum atomic E-state index is 0.571. The Kier molecular flexibility index (Phi) is 1.84. The fraction of sp³-hybridized carbons (Fsp3) is 0.200. The van der Waals surface area contributed by atoms with E-state index in [0.29, 0.717) is 6.54 Å². The smallest absolute Gasteiger partial charge is 0.0968 e. The molecule has 0 amide bonds. The summed E-state index contributed by atoms with van der Waals surface area (Å²) in [5.74, 6) is 2.61. The molecule has 0 atom stereocenters. The minimum Gasteiger partial charge on any atom is -0.292 e. The molecule has 0 aliphatic carbocycles. The van der Waals surface area contributed by atoms with Gasteiger partial charge in [0.25, 0.3) is 0 Å². The molecule has 0 fully saturated rings. The van der Waals surface area contributed by atoms with Gasteiger partial charge in [-0.1, -0.05) is 18.1 Å². The van der Waals surface area contributed by atoms with E-state index in [4.69, 9.17) is 6.42 Å². The Morgan fingerprint density at radius 1 is 1.38 bits per heavy atom. The number of anilines is 2. The molecule has 1 aromatic carbocycles. The highest BCUT2D eigenvalue weighted by Crippen LogP contribution is 2.30. The van der Waals surface area contributed by atoms with Crippen LogP contribution in [0.4, 0.5) is 11.4 Å². The molecular formula is C10H11N3. The highest BCUT2D eigenvalue weighted by atomic mass is 15.8. The average molecular weight is 173 g/mol. The molecule has 1 aliphatic rings. The van der Waals surface area contributed by atoms with Crippen LogP contribution in [-0.4, -0.2) is 13.6 Å². The van der Waals surface area contributed by atoms with Crippen molar-refractivity contribution >= 4 is 11.4 Å². The molecule has 0 spiro atoms. The maximum absolute atomic E-state index is 5.26. The number of nitrogens with zero attached hydrogens (tertiary/aromatic N) is 2. The molecule has 1 heterocycles. The van der Waals surface area contributed by atoms with Crippen LogP contribution in [0.2, 0.25) is 0 Å². The van der Waals surface area contributed by atoms with Crippen LogP contribution in [0.1, 0.15) is 0 Å². The Morgan fingerprint density at radius 2 is 2.08 bits per heavy atom. The van der Waals surface area contributed by atoms with Gasteiger partial charge in [-0.2, -0.15) is 0 Å². The summed E-state index contributed by atoms with van der Waals surface area (Å²) in [6.45, 7) is 0.571. The number of hydrazine groups is 2. The lowest BCUT2D eigenvalue weighted by Crippen LogP contribution is -2.42. The van der Waals surface area contributed by atoms with Gasteiger partial charge in [-0.05, 0) is 12.1 Å². The topological polar surface area (TPSA) is 18.5 Å². The molecule has 3 heteroatoms. The van der Waals surface area contributed by atoms with E-state index in [1.54, 1.807) is 0 Å². The Morgan fingerprint density at radius 3 is 2.77 bits per heavy atom. The largest absolute Gasteiger partial charge is 0.292 e. The van der Waals surface area contributed by atoms with Gasteiger partial charge >= 0.3 is 0 Å². The first kappa shape index (κ1) is 7.96. The Hall–Kier alpha value is -1.66. The van der Waals surface area contributed by atoms with Crippen molar-refractivity contribution in [1.82, 2.24) is 5.53 Å². The van der Waals surface area contributed by atoms with Gasteiger partial charge < -0.3 is 0 Å². The molecule has 0 radical (unpaired) electrons. The third-order valence-electron chi connectivity index (χ3n) is 2.05. The van der Waals surface area contributed by atoms with Crippen molar-refractivity contribution in [2.24, 2.45) is 0 Å². The van der Waals surface area contributed by atoms with Crippen LogP contribution in [0.15, 0.2) is 24.3 Å². The Labute approximate surface area is 77.9 Å². The number of hydrogen-bond acceptors (Lipinski definition) is 3. The molecule has 66 valence electrons. The molecule has 1 aromatic rings. The zero-order valence-corrected chi connectivity index (χ0v) is 7.49. The molecule has 13 heavy (non-hydrogen) atoms. The molecule has 0 aromatic heterocycles. The summed E-state index contributed by atoms with van der Waals surface area (Å²) in [4.78, 5) is 0. The van der Waals surface area contributed by atoms with Crippen molar-refractivity contribution in [3.63, 3.8) is 0 Å². The van der Waals surface area contributed by atoms with E-state index in [1.807, 2.05) is 35.3 Å². The maximum Gasteiger partial charge on any atom is 0.0968 e. The first-order valence-electron chi connectivity index (χ1n) is 4.13. The molecule has 0 unspecified atom stereocenters. The SMILES string of the molecule is C#CCN1NN(C)c2ccccc21. The number of rotatable bonds is 1. The highest BCUT2D eigenvalue weighted by molar-refractivity contribution is 5.74. The molecule has 3 nitrogen and oxygen atoms in total. The lowest BCUT2D eigenvalue weighted by Gasteiger charge is -2.16. The normalized spacial score (nSPS) is 14.2. The summed E-state index contributed by atoms with van der Waals surface area (Å²) in [7, 11) is 1.97. The van der Waals surface area contributed by atoms with E-state index in [2.05, 4.69) is 17.5 Å². The van der Waals surface area contributed by atoms with Gasteiger partial charge in [0, 0.05) is 7.05 Å². The van der Waals surface area contributed by atoms with Crippen molar-refractivity contribution in [2.45, 2.75) is 0 Å². The Balaban J connectivity index is 2.37. The minimum absolute atomic E-state index is 0.571. The van der Waals surface area contributed by atoms with Crippen LogP contribution in [0, 0.1) is 12.3 Å². The number of terminal acetylenes is 1. The lowest BCUT2D eigenvalue weighted by molar-refractivity contribution is 0.688. The maximum atomic E-state index is 5.26. The first-order chi connectivity index (χ1) is 6.33. The van der Waals surface area contributed by atoms with Crippen molar-refractivity contribution < 1.29 is 0 Å². The zero-order chi connectivity index (χ0) is 9.26. The first-order valence-corrected chi connectivity index (χ1v) is 4.13. The lowest BCUT2D eigenvalue weighted by atomic mass is 10.2. The van der Waals surface area contributed by atoms with Crippen molar-refractivity contribution in [3.05, 3.63) is 24.3 Å². The van der Waals surface area contributed by atoms with Crippen LogP contribution in [-0.2, 0) is 0 Å². The third kappa shape index (κ3) is 1.21. The van der Waals surface area contributed by atoms with E-state index < -0.39 is 0 Å². The van der Waals surface area contributed by atoms with Crippen LogP contribution in [0.25, 0.3) is 0 Å². The summed E-state index contributed by atoms with van der Waals surface area (Å²) in [6.07, 6.45) is 5.26. The van der Waals surface area contributed by atoms with E-state index in [1.165, 1.54) is 0 Å². The van der Waals surface area contributed by atoms with Crippen LogP contribution in [0.5, 0.6) is 0 Å². The number of para-hydroxylation sites is 2. The summed E-state index contributed by atoms with van der Waals surface area (Å²) in [5, 5.41) is 3.89. The number of benzene rings is 1. The van der Waals surface area contributed by atoms with Crippen molar-refractivity contribution in [1.29, 1.82) is 0 Å². The third-order valence-corrected chi connectivity index (χ3v) is 2.05. The second-order valence-corrected chi connectivity index (χ2v) is 2.94. The summed E-state index contributed by atoms with van der Waals surface area (Å²) >= 11 is 0. The number of fused-ring (bicyclic) bond motifs is 1. The fourth-order valence-corrected chi connectivity index (χ4v) is 1.48. The molecule has 1 aliphatic heterocycles. The van der Waals surface area contributed by atoms with Crippen molar-refractivity contribution in [3.8, 4) is 12.3 Å². The zero-order valence-electron chi connectivity index (χ0n) is 7.49. The highest BCUT2D eigenvalue weighted by Gasteiger charge is 2.20. The monoisotopic (exact) mass is 173 g/mol. The molecular weight excluding hydrogens is 162 g/mol. The van der Waals surface area contributed by atoms with E-state index >= 15 is 0 Å². The average Bonchev–Trinajstić information content (AvgIpc) is 2.46. The van der Waals surface area contributed by atoms with Gasteiger partial charge in [-0.25, -0.2) is 0 Å². The molecule has 2 rings (SSSR count). The van der Waals surface area contributed by atoms with Crippen LogP contribution < -0.4 is 15.6 Å². The van der Waals surface area contributed by atoms with Crippen molar-refractivity contribution in [2.75, 3.05) is 23.6 Å². The number of hydrogen-bond donors (Lipinski definition) is 1. The molecule has 1 N–H and O–H groups in total. The summed E-state index contributed by atoms with van der Waals surface area (Å²) in [5.41, 5.74) is 5.42. The quantitative estimate of drug-likeness (QED) is 0.639. The van der Waals surface area contributed by atoms with Gasteiger partial charge in [-0.3, -0.25) is 10.0 Å². The van der Waals surface area contributed by atoms with E-state index in [9.17, 15) is 0 Å². The number of nitrogens with one attached hydrogen (secondary N) is 1. The van der Waals surface area contributed by atoms with Gasteiger partial charge in [-0.15, -0.1) is 12.0 Å². The standard InChI is InChI=1S/C10H11N3/c1-3-8-13-10-7-5-4-6-9(10)12(2)11-13/h1,4-7,11H,8H2,2H3. The van der Waals surface area contributed by atoms with Crippen LogP contribution >= 0.6 is 0 Å². The molecule has 0 saturated heterocycles. The molecule has 0 saturated carbocycles. The van der Waals surface area contributed by atoms with E-state index in [0.717, 1.165) is 11.4 Å². The second-order valence-electron chi connectivity index (χ2n) is 2.94. The Bertz CT molecular complexity index is 353. The predicted molar refractivity (Wildman–Crippen MR) is 54.2 cm³/mol. The summed E-state index contributed by atoms with van der Waals surface area (Å²) in [6, 6.07) is 8.11. The second kappa shape index (κ2) is 3.00. The summed E-state index contributed by atoms with van der Waals surface area (Å²) < 4.78 is 0. The van der Waals surface area contributed by atoms with E-state index in [-0.39, 0.29) is 0 Å². The van der Waals surface area contributed by atoms with Crippen LogP contribution in [0.3, 0.4) is 0 Å². The fourth-order valence-electron chi connectivity index (χ4n) is 1.48. The molecule has 0 bridgehead atoms. The van der Waals surface area contributed by atoms with Gasteiger partial charge in [0.15, 0.2) is 0 Å². The van der Waals surface area contributed by atoms with Gasteiger partial charge in [0.05, 0.1) is 17.9 Å². The van der Waals surface area contributed by atoms with Gasteiger partial charge in [0.1, 0.15) is 0 Å². The van der Waals surface area contributed by atoms with Gasteiger partial charge in [0.2, 0.25) is 0 Å².